The molecule has 1 heterocycles. The first-order chi connectivity index (χ1) is 9.35. The Bertz CT molecular complexity index is 384. The molecule has 0 amide bonds. The summed E-state index contributed by atoms with van der Waals surface area (Å²) < 4.78 is 11.7. The second-order valence-electron chi connectivity index (χ2n) is 5.04. The second-order valence-corrected chi connectivity index (χ2v) is 5.04. The van der Waals surface area contributed by atoms with E-state index in [1.807, 2.05) is 24.3 Å². The van der Waals surface area contributed by atoms with Crippen LogP contribution in [0.5, 0.6) is 11.5 Å². The van der Waals surface area contributed by atoms with Gasteiger partial charge >= 0.3 is 0 Å². The molecule has 3 N–H and O–H groups in total. The van der Waals surface area contributed by atoms with Crippen LogP contribution in [0.2, 0.25) is 0 Å². The second kappa shape index (κ2) is 7.36. The number of ether oxygens (including phenoxy) is 2. The van der Waals surface area contributed by atoms with E-state index in [1.165, 1.54) is 25.7 Å². The Balaban J connectivity index is 1.87. The topological polar surface area (TPSA) is 56.5 Å². The van der Waals surface area contributed by atoms with Crippen molar-refractivity contribution in [2.24, 2.45) is 5.84 Å². The van der Waals surface area contributed by atoms with Crippen LogP contribution in [-0.4, -0.2) is 18.8 Å². The van der Waals surface area contributed by atoms with Gasteiger partial charge in [-0.05, 0) is 18.6 Å². The van der Waals surface area contributed by atoms with Gasteiger partial charge in [0.15, 0.2) is 11.5 Å². The van der Waals surface area contributed by atoms with Crippen LogP contribution in [0, 0.1) is 0 Å². The quantitative estimate of drug-likeness (QED) is 0.451. The predicted molar refractivity (Wildman–Crippen MR) is 76.2 cm³/mol. The molecule has 0 bridgehead atoms. The maximum atomic E-state index is 5.97. The fraction of sp³-hybridized carbons (Fsp3) is 0.600. The van der Waals surface area contributed by atoms with Gasteiger partial charge in [-0.25, -0.2) is 0 Å². The van der Waals surface area contributed by atoms with Gasteiger partial charge in [0.25, 0.3) is 0 Å². The first-order valence-electron chi connectivity index (χ1n) is 7.19. The summed E-state index contributed by atoms with van der Waals surface area (Å²) in [5.41, 5.74) is 2.87. The maximum Gasteiger partial charge on any atom is 0.161 e. The molecule has 0 fully saturated rings. The van der Waals surface area contributed by atoms with Crippen molar-refractivity contribution in [3.05, 3.63) is 24.3 Å². The monoisotopic (exact) mass is 264 g/mol. The minimum atomic E-state index is -0.0125. The fourth-order valence-corrected chi connectivity index (χ4v) is 2.40. The molecule has 1 aromatic carbocycles. The number of hydrazine groups is 1. The Morgan fingerprint density at radius 1 is 1.26 bits per heavy atom. The number of para-hydroxylation sites is 2. The smallest absolute Gasteiger partial charge is 0.161 e. The van der Waals surface area contributed by atoms with Crippen LogP contribution in [0.15, 0.2) is 24.3 Å². The Morgan fingerprint density at radius 3 is 2.79 bits per heavy atom. The molecule has 19 heavy (non-hydrogen) atoms. The third-order valence-electron chi connectivity index (χ3n) is 3.56. The summed E-state index contributed by atoms with van der Waals surface area (Å²) >= 11 is 0. The largest absolute Gasteiger partial charge is 0.486 e. The number of hydrogen-bond donors (Lipinski definition) is 2. The van der Waals surface area contributed by atoms with Crippen molar-refractivity contribution in [1.29, 1.82) is 0 Å². The molecule has 2 rings (SSSR count). The van der Waals surface area contributed by atoms with E-state index in [2.05, 4.69) is 12.3 Å². The zero-order valence-corrected chi connectivity index (χ0v) is 11.6. The molecule has 4 heteroatoms. The fourth-order valence-electron chi connectivity index (χ4n) is 2.40. The molecule has 1 aliphatic rings. The van der Waals surface area contributed by atoms with Crippen LogP contribution in [-0.2, 0) is 0 Å². The minimum Gasteiger partial charge on any atom is -0.486 e. The average molecular weight is 264 g/mol. The number of rotatable bonds is 7. The molecular formula is C15H24N2O2. The Labute approximate surface area is 115 Å². The van der Waals surface area contributed by atoms with Gasteiger partial charge in [0.1, 0.15) is 12.7 Å². The highest BCUT2D eigenvalue weighted by molar-refractivity contribution is 5.40. The van der Waals surface area contributed by atoms with Gasteiger partial charge in [-0.15, -0.1) is 0 Å². The van der Waals surface area contributed by atoms with E-state index in [9.17, 15) is 0 Å². The lowest BCUT2D eigenvalue weighted by Gasteiger charge is -2.31. The highest BCUT2D eigenvalue weighted by atomic mass is 16.6. The lowest BCUT2D eigenvalue weighted by atomic mass is 10.0. The summed E-state index contributed by atoms with van der Waals surface area (Å²) in [6.45, 7) is 2.77. The Morgan fingerprint density at radius 2 is 2.05 bits per heavy atom. The zero-order chi connectivity index (χ0) is 13.5. The van der Waals surface area contributed by atoms with Crippen LogP contribution in [0.4, 0.5) is 0 Å². The predicted octanol–water partition coefficient (Wildman–Crippen LogP) is 2.63. The van der Waals surface area contributed by atoms with Gasteiger partial charge in [0.05, 0.1) is 6.04 Å². The highest BCUT2D eigenvalue weighted by Gasteiger charge is 2.27. The van der Waals surface area contributed by atoms with Gasteiger partial charge < -0.3 is 9.47 Å². The van der Waals surface area contributed by atoms with Crippen molar-refractivity contribution in [3.63, 3.8) is 0 Å². The van der Waals surface area contributed by atoms with Crippen molar-refractivity contribution in [2.75, 3.05) is 6.61 Å². The lowest BCUT2D eigenvalue weighted by Crippen LogP contribution is -2.50. The summed E-state index contributed by atoms with van der Waals surface area (Å²) in [6, 6.07) is 7.91. The van der Waals surface area contributed by atoms with E-state index in [0.29, 0.717) is 6.61 Å². The van der Waals surface area contributed by atoms with Crippen molar-refractivity contribution >= 4 is 0 Å². The molecule has 2 atom stereocenters. The molecule has 1 aliphatic heterocycles. The maximum absolute atomic E-state index is 5.97. The number of fused-ring (bicyclic) bond motifs is 1. The SMILES string of the molecule is CCCCCCC(NN)C1COc2ccccc2O1. The number of hydrogen-bond acceptors (Lipinski definition) is 4. The standard InChI is InChI=1S/C15H24N2O2/c1-2-3-4-5-8-12(17-16)15-11-18-13-9-6-7-10-14(13)19-15/h6-7,9-10,12,15,17H,2-5,8,11,16H2,1H3. The summed E-state index contributed by atoms with van der Waals surface area (Å²) in [5.74, 6) is 7.29. The molecule has 4 nitrogen and oxygen atoms in total. The molecule has 2 unspecified atom stereocenters. The third-order valence-corrected chi connectivity index (χ3v) is 3.56. The van der Waals surface area contributed by atoms with Crippen molar-refractivity contribution in [2.45, 2.75) is 51.2 Å². The van der Waals surface area contributed by atoms with Crippen LogP contribution < -0.4 is 20.7 Å². The average Bonchev–Trinajstić information content (AvgIpc) is 2.47. The Kier molecular flexibility index (Phi) is 5.48. The zero-order valence-electron chi connectivity index (χ0n) is 11.6. The van der Waals surface area contributed by atoms with Gasteiger partial charge in [0, 0.05) is 0 Å². The molecule has 0 aliphatic carbocycles. The van der Waals surface area contributed by atoms with Gasteiger partial charge in [-0.1, -0.05) is 44.7 Å². The minimum absolute atomic E-state index is 0.0125. The summed E-state index contributed by atoms with van der Waals surface area (Å²) in [6.07, 6.45) is 5.95. The normalized spacial score (nSPS) is 19.2. The number of nitrogens with two attached hydrogens (primary N) is 1. The summed E-state index contributed by atoms with van der Waals surface area (Å²) in [7, 11) is 0. The molecule has 0 aromatic heterocycles. The molecule has 0 saturated heterocycles. The van der Waals surface area contributed by atoms with E-state index < -0.39 is 0 Å². The van der Waals surface area contributed by atoms with Crippen LogP contribution in [0.3, 0.4) is 0 Å². The van der Waals surface area contributed by atoms with Crippen molar-refractivity contribution < 1.29 is 9.47 Å². The van der Waals surface area contributed by atoms with Crippen LogP contribution in [0.1, 0.15) is 39.0 Å². The summed E-state index contributed by atoms with van der Waals surface area (Å²) in [4.78, 5) is 0. The lowest BCUT2D eigenvalue weighted by molar-refractivity contribution is 0.0587. The highest BCUT2D eigenvalue weighted by Crippen LogP contribution is 2.32. The van der Waals surface area contributed by atoms with Gasteiger partial charge in [-0.2, -0.15) is 0 Å². The van der Waals surface area contributed by atoms with E-state index in [-0.39, 0.29) is 12.1 Å². The van der Waals surface area contributed by atoms with E-state index >= 15 is 0 Å². The van der Waals surface area contributed by atoms with Crippen LogP contribution in [0.25, 0.3) is 0 Å². The molecule has 0 spiro atoms. The number of unbranched alkanes of at least 4 members (excludes halogenated alkanes) is 3. The first-order valence-corrected chi connectivity index (χ1v) is 7.19. The van der Waals surface area contributed by atoms with Crippen LogP contribution >= 0.6 is 0 Å². The van der Waals surface area contributed by atoms with Gasteiger partial charge in [0.2, 0.25) is 0 Å². The van der Waals surface area contributed by atoms with Gasteiger partial charge in [-0.3, -0.25) is 11.3 Å². The molecular weight excluding hydrogens is 240 g/mol. The number of benzene rings is 1. The van der Waals surface area contributed by atoms with Crippen molar-refractivity contribution in [1.82, 2.24) is 5.43 Å². The first kappa shape index (κ1) is 14.2. The molecule has 0 radical (unpaired) electrons. The van der Waals surface area contributed by atoms with E-state index in [0.717, 1.165) is 17.9 Å². The molecule has 1 aromatic rings. The van der Waals surface area contributed by atoms with E-state index in [4.69, 9.17) is 15.3 Å². The molecule has 106 valence electrons. The van der Waals surface area contributed by atoms with E-state index in [1.54, 1.807) is 0 Å². The summed E-state index contributed by atoms with van der Waals surface area (Å²) in [5, 5.41) is 0. The Hall–Kier alpha value is -1.26. The third kappa shape index (κ3) is 3.85. The number of nitrogens with one attached hydrogen (secondary N) is 1. The van der Waals surface area contributed by atoms with Crippen molar-refractivity contribution in [3.8, 4) is 11.5 Å². The molecule has 0 saturated carbocycles.